The monoisotopic (exact) mass is 455 g/mol. The molecule has 1 amide bonds. The van der Waals surface area contributed by atoms with E-state index in [1.165, 1.54) is 11.8 Å². The zero-order chi connectivity index (χ0) is 23.4. The summed E-state index contributed by atoms with van der Waals surface area (Å²) in [6.07, 6.45) is -0.586. The van der Waals surface area contributed by atoms with Crippen molar-refractivity contribution in [3.63, 3.8) is 0 Å². The van der Waals surface area contributed by atoms with Crippen molar-refractivity contribution in [1.82, 2.24) is 15.3 Å². The van der Waals surface area contributed by atoms with Crippen LogP contribution in [0.3, 0.4) is 0 Å². The molecular formula is C22H21N3O6S. The SMILES string of the molecule is Cc1nc2ccc(C)c(Sc3ccc(C(=O)N[C@@H](CCC(=O)O)C(=O)O)cc3)c2c(=O)[nH]1. The number of aliphatic carboxylic acids is 2. The van der Waals surface area contributed by atoms with Gasteiger partial charge in [0.25, 0.3) is 11.5 Å². The van der Waals surface area contributed by atoms with Crippen LogP contribution >= 0.6 is 11.8 Å². The number of fused-ring (bicyclic) bond motifs is 1. The number of hydrogen-bond acceptors (Lipinski definition) is 6. The van der Waals surface area contributed by atoms with Crippen molar-refractivity contribution in [2.45, 2.75) is 42.5 Å². The minimum absolute atomic E-state index is 0.216. The maximum atomic E-state index is 12.5. The minimum atomic E-state index is -1.30. The molecule has 3 rings (SSSR count). The number of amides is 1. The maximum absolute atomic E-state index is 12.5. The Morgan fingerprint density at radius 3 is 2.41 bits per heavy atom. The van der Waals surface area contributed by atoms with E-state index < -0.39 is 23.9 Å². The molecule has 0 bridgehead atoms. The molecule has 0 spiro atoms. The molecule has 1 heterocycles. The number of aromatic amines is 1. The van der Waals surface area contributed by atoms with E-state index in [1.54, 1.807) is 37.3 Å². The molecule has 10 heteroatoms. The third-order valence-corrected chi connectivity index (χ3v) is 5.97. The summed E-state index contributed by atoms with van der Waals surface area (Å²) in [5.74, 6) is -2.52. The van der Waals surface area contributed by atoms with E-state index >= 15 is 0 Å². The first kappa shape index (κ1) is 23.0. The van der Waals surface area contributed by atoms with Crippen molar-refractivity contribution in [3.8, 4) is 0 Å². The molecule has 2 aromatic carbocycles. The van der Waals surface area contributed by atoms with Gasteiger partial charge in [-0.3, -0.25) is 14.4 Å². The molecule has 0 aliphatic heterocycles. The first-order chi connectivity index (χ1) is 15.2. The quantitative estimate of drug-likeness (QED) is 0.405. The number of nitrogens with zero attached hydrogens (tertiary/aromatic N) is 1. The first-order valence-corrected chi connectivity index (χ1v) is 10.5. The maximum Gasteiger partial charge on any atom is 0.326 e. The minimum Gasteiger partial charge on any atom is -0.481 e. The van der Waals surface area contributed by atoms with Gasteiger partial charge in [-0.05, 0) is 56.2 Å². The van der Waals surface area contributed by atoms with Crippen molar-refractivity contribution < 1.29 is 24.6 Å². The van der Waals surface area contributed by atoms with Crippen molar-refractivity contribution in [1.29, 1.82) is 0 Å². The second-order valence-corrected chi connectivity index (χ2v) is 8.26. The van der Waals surface area contributed by atoms with Crippen LogP contribution in [0.1, 0.15) is 34.6 Å². The van der Waals surface area contributed by atoms with Crippen LogP contribution in [-0.2, 0) is 9.59 Å². The van der Waals surface area contributed by atoms with E-state index in [2.05, 4.69) is 15.3 Å². The van der Waals surface area contributed by atoms with Gasteiger partial charge in [0.1, 0.15) is 11.9 Å². The normalized spacial score (nSPS) is 11.8. The van der Waals surface area contributed by atoms with E-state index in [4.69, 9.17) is 5.11 Å². The average molecular weight is 455 g/mol. The summed E-state index contributed by atoms with van der Waals surface area (Å²) in [4.78, 5) is 55.5. The summed E-state index contributed by atoms with van der Waals surface area (Å²) in [5, 5.41) is 20.8. The number of carboxylic acid groups (broad SMARTS) is 2. The molecule has 32 heavy (non-hydrogen) atoms. The van der Waals surface area contributed by atoms with Crippen molar-refractivity contribution in [3.05, 3.63) is 63.7 Å². The van der Waals surface area contributed by atoms with Crippen LogP contribution in [0, 0.1) is 13.8 Å². The Labute approximate surface area is 186 Å². The van der Waals surface area contributed by atoms with E-state index in [0.29, 0.717) is 16.7 Å². The molecule has 0 aliphatic carbocycles. The zero-order valence-electron chi connectivity index (χ0n) is 17.3. The number of hydrogen-bond donors (Lipinski definition) is 4. The molecule has 0 saturated carbocycles. The number of carbonyl (C=O) groups is 3. The number of nitrogens with one attached hydrogen (secondary N) is 2. The molecule has 0 radical (unpaired) electrons. The largest absolute Gasteiger partial charge is 0.481 e. The fourth-order valence-electron chi connectivity index (χ4n) is 3.11. The van der Waals surface area contributed by atoms with E-state index in [9.17, 15) is 24.3 Å². The Morgan fingerprint density at radius 2 is 1.78 bits per heavy atom. The van der Waals surface area contributed by atoms with Gasteiger partial charge in [-0.15, -0.1) is 0 Å². The van der Waals surface area contributed by atoms with Crippen LogP contribution in [-0.4, -0.2) is 44.1 Å². The summed E-state index contributed by atoms with van der Waals surface area (Å²) in [5.41, 5.74) is 1.51. The standard InChI is InChI=1S/C22H21N3O6S/c1-11-3-8-15-18(21(29)24-12(2)23-15)19(11)32-14-6-4-13(5-7-14)20(28)25-16(22(30)31)9-10-17(26)27/h3-8,16H,9-10H2,1-2H3,(H,25,28)(H,26,27)(H,30,31)(H,23,24,29)/t16-/m0/s1. The Balaban J connectivity index is 1.80. The number of benzene rings is 2. The Kier molecular flexibility index (Phi) is 6.94. The zero-order valence-corrected chi connectivity index (χ0v) is 18.2. The smallest absolute Gasteiger partial charge is 0.326 e. The highest BCUT2D eigenvalue weighted by Crippen LogP contribution is 2.34. The third kappa shape index (κ3) is 5.33. The summed E-state index contributed by atoms with van der Waals surface area (Å²) in [7, 11) is 0. The van der Waals surface area contributed by atoms with Crippen LogP contribution in [0.5, 0.6) is 0 Å². The van der Waals surface area contributed by atoms with Gasteiger partial charge in [0.2, 0.25) is 0 Å². The van der Waals surface area contributed by atoms with Gasteiger partial charge in [0, 0.05) is 21.8 Å². The van der Waals surface area contributed by atoms with Gasteiger partial charge in [-0.25, -0.2) is 9.78 Å². The summed E-state index contributed by atoms with van der Waals surface area (Å²) in [6.45, 7) is 3.61. The second kappa shape index (κ2) is 9.65. The lowest BCUT2D eigenvalue weighted by atomic mass is 10.1. The highest BCUT2D eigenvalue weighted by Gasteiger charge is 2.21. The fraction of sp³-hybridized carbons (Fsp3) is 0.227. The Bertz CT molecular complexity index is 1250. The van der Waals surface area contributed by atoms with Gasteiger partial charge in [0.05, 0.1) is 10.9 Å². The molecule has 3 aromatic rings. The van der Waals surface area contributed by atoms with Gasteiger partial charge < -0.3 is 20.5 Å². The van der Waals surface area contributed by atoms with Crippen molar-refractivity contribution in [2.24, 2.45) is 0 Å². The number of rotatable bonds is 8. The predicted molar refractivity (Wildman–Crippen MR) is 118 cm³/mol. The first-order valence-electron chi connectivity index (χ1n) is 9.69. The molecule has 4 N–H and O–H groups in total. The lowest BCUT2D eigenvalue weighted by molar-refractivity contribution is -0.140. The van der Waals surface area contributed by atoms with Gasteiger partial charge >= 0.3 is 11.9 Å². The van der Waals surface area contributed by atoms with E-state index in [-0.39, 0.29) is 24.0 Å². The van der Waals surface area contributed by atoms with Gasteiger partial charge in [-0.2, -0.15) is 0 Å². The average Bonchev–Trinajstić information content (AvgIpc) is 2.73. The van der Waals surface area contributed by atoms with Crippen LogP contribution in [0.15, 0.2) is 51.0 Å². The molecule has 0 saturated heterocycles. The summed E-state index contributed by atoms with van der Waals surface area (Å²) < 4.78 is 0. The summed E-state index contributed by atoms with van der Waals surface area (Å²) >= 11 is 1.36. The van der Waals surface area contributed by atoms with Gasteiger partial charge in [-0.1, -0.05) is 17.8 Å². The van der Waals surface area contributed by atoms with Crippen LogP contribution in [0.2, 0.25) is 0 Å². The second-order valence-electron chi connectivity index (χ2n) is 7.18. The molecule has 1 aromatic heterocycles. The van der Waals surface area contributed by atoms with E-state index in [0.717, 1.165) is 15.4 Å². The van der Waals surface area contributed by atoms with Crippen LogP contribution in [0.4, 0.5) is 0 Å². The molecule has 0 fully saturated rings. The van der Waals surface area contributed by atoms with Crippen LogP contribution < -0.4 is 10.9 Å². The fourth-order valence-corrected chi connectivity index (χ4v) is 4.15. The summed E-state index contributed by atoms with van der Waals surface area (Å²) in [6, 6.07) is 8.87. The van der Waals surface area contributed by atoms with Crippen LogP contribution in [0.25, 0.3) is 10.9 Å². The number of carboxylic acids is 2. The molecule has 166 valence electrons. The van der Waals surface area contributed by atoms with E-state index in [1.807, 2.05) is 13.0 Å². The molecular weight excluding hydrogens is 434 g/mol. The molecule has 9 nitrogen and oxygen atoms in total. The highest BCUT2D eigenvalue weighted by atomic mass is 32.2. The molecule has 0 aliphatic rings. The molecule has 0 unspecified atom stereocenters. The third-order valence-electron chi connectivity index (χ3n) is 4.73. The van der Waals surface area contributed by atoms with Crippen molar-refractivity contribution >= 4 is 40.5 Å². The number of aryl methyl sites for hydroxylation is 2. The van der Waals surface area contributed by atoms with Crippen molar-refractivity contribution in [2.75, 3.05) is 0 Å². The Morgan fingerprint density at radius 1 is 1.09 bits per heavy atom. The molecule has 1 atom stereocenters. The topological polar surface area (TPSA) is 149 Å². The number of aromatic nitrogens is 2. The lowest BCUT2D eigenvalue weighted by Crippen LogP contribution is -2.41. The number of H-pyrrole nitrogens is 1. The van der Waals surface area contributed by atoms with Gasteiger partial charge in [0.15, 0.2) is 0 Å². The lowest BCUT2D eigenvalue weighted by Gasteiger charge is -2.14. The highest BCUT2D eigenvalue weighted by molar-refractivity contribution is 7.99. The Hall–Kier alpha value is -3.66. The number of carbonyl (C=O) groups excluding carboxylic acids is 1. The predicted octanol–water partition coefficient (Wildman–Crippen LogP) is 2.74.